The van der Waals surface area contributed by atoms with Gasteiger partial charge in [-0.1, -0.05) is 42.5 Å². The van der Waals surface area contributed by atoms with E-state index in [9.17, 15) is 4.79 Å². The van der Waals surface area contributed by atoms with Crippen LogP contribution in [0.25, 0.3) is 10.9 Å². The first-order valence-electron chi connectivity index (χ1n) is 7.67. The second-order valence-electron chi connectivity index (χ2n) is 5.93. The molecule has 0 spiro atoms. The van der Waals surface area contributed by atoms with Crippen molar-refractivity contribution in [2.24, 2.45) is 7.05 Å². The van der Waals surface area contributed by atoms with Crippen molar-refractivity contribution in [3.05, 3.63) is 71.4 Å². The van der Waals surface area contributed by atoms with Crippen molar-refractivity contribution in [2.75, 3.05) is 0 Å². The van der Waals surface area contributed by atoms with E-state index in [2.05, 4.69) is 23.5 Å². The van der Waals surface area contributed by atoms with Gasteiger partial charge in [0.15, 0.2) is 0 Å². The summed E-state index contributed by atoms with van der Waals surface area (Å²) in [7, 11) is 1.98. The summed E-state index contributed by atoms with van der Waals surface area (Å²) in [5, 5.41) is 4.21. The lowest BCUT2D eigenvalue weighted by molar-refractivity contribution is 0.0938. The highest BCUT2D eigenvalue weighted by molar-refractivity contribution is 6.07. The van der Waals surface area contributed by atoms with Gasteiger partial charge < -0.3 is 9.88 Å². The molecule has 1 heterocycles. The fraction of sp³-hybridized carbons (Fsp3) is 0.211. The van der Waals surface area contributed by atoms with E-state index in [0.29, 0.717) is 0 Å². The SMILES string of the molecule is Cn1cc(C(=O)N[C@@H]2CCc3ccccc32)c2ccccc21. The Labute approximate surface area is 129 Å². The molecule has 110 valence electrons. The van der Waals surface area contributed by atoms with E-state index in [-0.39, 0.29) is 11.9 Å². The molecule has 0 radical (unpaired) electrons. The van der Waals surface area contributed by atoms with Crippen molar-refractivity contribution in [1.29, 1.82) is 0 Å². The molecule has 1 atom stereocenters. The zero-order valence-corrected chi connectivity index (χ0v) is 12.5. The average molecular weight is 290 g/mol. The third-order valence-corrected chi connectivity index (χ3v) is 4.58. The summed E-state index contributed by atoms with van der Waals surface area (Å²) < 4.78 is 2.01. The lowest BCUT2D eigenvalue weighted by atomic mass is 10.1. The van der Waals surface area contributed by atoms with Crippen LogP contribution in [-0.2, 0) is 13.5 Å². The summed E-state index contributed by atoms with van der Waals surface area (Å²) in [5.74, 6) is 0.0125. The molecule has 1 amide bonds. The standard InChI is InChI=1S/C19H18N2O/c1-21-12-16(15-8-4-5-9-18(15)21)19(22)20-17-11-10-13-6-2-3-7-14(13)17/h2-9,12,17H,10-11H2,1H3,(H,20,22)/t17-/m1/s1. The molecule has 0 bridgehead atoms. The molecule has 0 fully saturated rings. The maximum Gasteiger partial charge on any atom is 0.253 e. The number of carbonyl (C=O) groups excluding carboxylic acids is 1. The van der Waals surface area contributed by atoms with E-state index in [1.165, 1.54) is 11.1 Å². The number of hydrogen-bond donors (Lipinski definition) is 1. The van der Waals surface area contributed by atoms with Crippen LogP contribution in [0.1, 0.15) is 33.9 Å². The third kappa shape index (κ3) is 2.01. The molecular weight excluding hydrogens is 272 g/mol. The number of fused-ring (bicyclic) bond motifs is 2. The van der Waals surface area contributed by atoms with Gasteiger partial charge >= 0.3 is 0 Å². The highest BCUT2D eigenvalue weighted by Crippen LogP contribution is 2.31. The van der Waals surface area contributed by atoms with Crippen LogP contribution in [0, 0.1) is 0 Å². The molecule has 3 heteroatoms. The first kappa shape index (κ1) is 13.1. The monoisotopic (exact) mass is 290 g/mol. The number of aromatic nitrogens is 1. The van der Waals surface area contributed by atoms with Crippen molar-refractivity contribution in [1.82, 2.24) is 9.88 Å². The summed E-state index contributed by atoms with van der Waals surface area (Å²) in [6.45, 7) is 0. The van der Waals surface area contributed by atoms with Crippen LogP contribution in [0.5, 0.6) is 0 Å². The molecular formula is C19H18N2O. The number of benzene rings is 2. The first-order chi connectivity index (χ1) is 10.7. The van der Waals surface area contributed by atoms with Gasteiger partial charge in [-0.15, -0.1) is 0 Å². The largest absolute Gasteiger partial charge is 0.350 e. The van der Waals surface area contributed by atoms with Gasteiger partial charge in [-0.05, 0) is 30.0 Å². The number of nitrogens with one attached hydrogen (secondary N) is 1. The fourth-order valence-electron chi connectivity index (χ4n) is 3.47. The van der Waals surface area contributed by atoms with Crippen LogP contribution >= 0.6 is 0 Å². The van der Waals surface area contributed by atoms with Gasteiger partial charge in [-0.3, -0.25) is 4.79 Å². The van der Waals surface area contributed by atoms with Gasteiger partial charge in [0.2, 0.25) is 0 Å². The summed E-state index contributed by atoms with van der Waals surface area (Å²) in [6, 6.07) is 16.5. The summed E-state index contributed by atoms with van der Waals surface area (Å²) in [6.07, 6.45) is 3.94. The highest BCUT2D eigenvalue weighted by Gasteiger charge is 2.24. The fourth-order valence-corrected chi connectivity index (χ4v) is 3.47. The maximum atomic E-state index is 12.7. The third-order valence-electron chi connectivity index (χ3n) is 4.58. The smallest absolute Gasteiger partial charge is 0.253 e. The minimum atomic E-state index is 0.0125. The number of rotatable bonds is 2. The molecule has 2 aromatic carbocycles. The topological polar surface area (TPSA) is 34.0 Å². The predicted octanol–water partition coefficient (Wildman–Crippen LogP) is 3.60. The van der Waals surface area contributed by atoms with Gasteiger partial charge in [-0.2, -0.15) is 0 Å². The van der Waals surface area contributed by atoms with Gasteiger partial charge in [0, 0.05) is 24.1 Å². The quantitative estimate of drug-likeness (QED) is 0.769. The van der Waals surface area contributed by atoms with Crippen molar-refractivity contribution >= 4 is 16.8 Å². The Morgan fingerprint density at radius 2 is 1.91 bits per heavy atom. The average Bonchev–Trinajstić information content (AvgIpc) is 3.10. The Kier molecular flexibility index (Phi) is 3.00. The molecule has 0 aliphatic heterocycles. The Hall–Kier alpha value is -2.55. The van der Waals surface area contributed by atoms with Gasteiger partial charge in [0.1, 0.15) is 0 Å². The molecule has 0 unspecified atom stereocenters. The van der Waals surface area contributed by atoms with Gasteiger partial charge in [-0.25, -0.2) is 0 Å². The predicted molar refractivity (Wildman–Crippen MR) is 87.9 cm³/mol. The number of carbonyl (C=O) groups is 1. The number of amides is 1. The normalized spacial score (nSPS) is 16.7. The number of hydrogen-bond acceptors (Lipinski definition) is 1. The van der Waals surface area contributed by atoms with Crippen LogP contribution in [0.4, 0.5) is 0 Å². The van der Waals surface area contributed by atoms with E-state index in [1.807, 2.05) is 48.1 Å². The lowest BCUT2D eigenvalue weighted by Crippen LogP contribution is -2.26. The number of aryl methyl sites for hydroxylation is 2. The molecule has 4 rings (SSSR count). The highest BCUT2D eigenvalue weighted by atomic mass is 16.1. The molecule has 1 aliphatic rings. The summed E-state index contributed by atoms with van der Waals surface area (Å²) in [4.78, 5) is 12.7. The molecule has 3 nitrogen and oxygen atoms in total. The van der Waals surface area contributed by atoms with E-state index < -0.39 is 0 Å². The first-order valence-corrected chi connectivity index (χ1v) is 7.67. The molecule has 1 N–H and O–H groups in total. The Bertz CT molecular complexity index is 863. The zero-order valence-electron chi connectivity index (χ0n) is 12.5. The number of para-hydroxylation sites is 1. The Morgan fingerprint density at radius 1 is 1.14 bits per heavy atom. The van der Waals surface area contributed by atoms with Crippen LogP contribution in [0.2, 0.25) is 0 Å². The summed E-state index contributed by atoms with van der Waals surface area (Å²) in [5.41, 5.74) is 4.45. The van der Waals surface area contributed by atoms with Crippen molar-refractivity contribution in [3.63, 3.8) is 0 Å². The van der Waals surface area contributed by atoms with E-state index in [0.717, 1.165) is 29.3 Å². The second-order valence-corrected chi connectivity index (χ2v) is 5.93. The van der Waals surface area contributed by atoms with Gasteiger partial charge in [0.05, 0.1) is 11.6 Å². The molecule has 3 aromatic rings. The zero-order chi connectivity index (χ0) is 15.1. The summed E-state index contributed by atoms with van der Waals surface area (Å²) >= 11 is 0. The molecule has 0 saturated heterocycles. The van der Waals surface area contributed by atoms with Crippen LogP contribution < -0.4 is 5.32 Å². The molecule has 1 aromatic heterocycles. The maximum absolute atomic E-state index is 12.7. The van der Waals surface area contributed by atoms with Gasteiger partial charge in [0.25, 0.3) is 5.91 Å². The van der Waals surface area contributed by atoms with Crippen LogP contribution in [0.3, 0.4) is 0 Å². The van der Waals surface area contributed by atoms with E-state index >= 15 is 0 Å². The second kappa shape index (κ2) is 5.02. The Morgan fingerprint density at radius 3 is 2.82 bits per heavy atom. The number of nitrogens with zero attached hydrogens (tertiary/aromatic N) is 1. The Balaban J connectivity index is 1.65. The minimum absolute atomic E-state index is 0.0125. The molecule has 22 heavy (non-hydrogen) atoms. The molecule has 0 saturated carbocycles. The van der Waals surface area contributed by atoms with Crippen LogP contribution in [-0.4, -0.2) is 10.5 Å². The minimum Gasteiger partial charge on any atom is -0.350 e. The van der Waals surface area contributed by atoms with Crippen molar-refractivity contribution < 1.29 is 4.79 Å². The van der Waals surface area contributed by atoms with Crippen molar-refractivity contribution in [2.45, 2.75) is 18.9 Å². The van der Waals surface area contributed by atoms with E-state index in [1.54, 1.807) is 0 Å². The van der Waals surface area contributed by atoms with Crippen molar-refractivity contribution in [3.8, 4) is 0 Å². The van der Waals surface area contributed by atoms with Crippen LogP contribution in [0.15, 0.2) is 54.7 Å². The van der Waals surface area contributed by atoms with E-state index in [4.69, 9.17) is 0 Å². The molecule has 1 aliphatic carbocycles. The lowest BCUT2D eigenvalue weighted by Gasteiger charge is -2.13.